The third-order valence-corrected chi connectivity index (χ3v) is 4.18. The molecule has 0 aromatic heterocycles. The van der Waals surface area contributed by atoms with Gasteiger partial charge in [0.05, 0.1) is 0 Å². The summed E-state index contributed by atoms with van der Waals surface area (Å²) in [5.41, 5.74) is 1.06. The van der Waals surface area contributed by atoms with Gasteiger partial charge in [0, 0.05) is 24.3 Å². The molecule has 0 radical (unpaired) electrons. The first-order valence-electron chi connectivity index (χ1n) is 7.94. The Balaban J connectivity index is 2.57. The summed E-state index contributed by atoms with van der Waals surface area (Å²) in [7, 11) is 0. The van der Waals surface area contributed by atoms with E-state index < -0.39 is 5.97 Å². The number of benzene rings is 1. The quantitative estimate of drug-likeness (QED) is 0.686. The van der Waals surface area contributed by atoms with Crippen molar-refractivity contribution in [1.82, 2.24) is 5.32 Å². The molecule has 0 bridgehead atoms. The van der Waals surface area contributed by atoms with Crippen LogP contribution in [0, 0.1) is 0 Å². The topological polar surface area (TPSA) is 66.4 Å². The van der Waals surface area contributed by atoms with Crippen LogP contribution in [0.3, 0.4) is 0 Å². The van der Waals surface area contributed by atoms with Gasteiger partial charge in [-0.3, -0.25) is 9.59 Å². The number of carbonyl (C=O) groups excluding carboxylic acids is 1. The van der Waals surface area contributed by atoms with Crippen molar-refractivity contribution < 1.29 is 14.7 Å². The number of nitrogens with one attached hydrogen (secondary N) is 1. The van der Waals surface area contributed by atoms with Crippen molar-refractivity contribution in [3.8, 4) is 0 Å². The highest BCUT2D eigenvalue weighted by molar-refractivity contribution is 5.76. The molecule has 4 heteroatoms. The van der Waals surface area contributed by atoms with Gasteiger partial charge in [-0.1, -0.05) is 51.1 Å². The molecule has 0 saturated heterocycles. The van der Waals surface area contributed by atoms with E-state index in [4.69, 9.17) is 5.11 Å². The average Bonchev–Trinajstić information content (AvgIpc) is 2.49. The smallest absolute Gasteiger partial charge is 0.303 e. The SMILES string of the molecule is CCC(NC(=O)CCCCC(=O)O)C(C)(C)c1ccccc1. The second-order valence-corrected chi connectivity index (χ2v) is 6.22. The van der Waals surface area contributed by atoms with Crippen molar-refractivity contribution in [3.05, 3.63) is 35.9 Å². The van der Waals surface area contributed by atoms with Crippen molar-refractivity contribution in [2.45, 2.75) is 64.3 Å². The van der Waals surface area contributed by atoms with Gasteiger partial charge >= 0.3 is 5.97 Å². The van der Waals surface area contributed by atoms with Gasteiger partial charge in [-0.2, -0.15) is 0 Å². The normalized spacial score (nSPS) is 12.7. The van der Waals surface area contributed by atoms with Gasteiger partial charge in [-0.15, -0.1) is 0 Å². The minimum Gasteiger partial charge on any atom is -0.481 e. The molecule has 0 aliphatic heterocycles. The summed E-state index contributed by atoms with van der Waals surface area (Å²) in [5.74, 6) is -0.807. The number of aliphatic carboxylic acids is 1. The predicted octanol–water partition coefficient (Wildman–Crippen LogP) is 3.50. The zero-order valence-corrected chi connectivity index (χ0v) is 13.8. The number of unbranched alkanes of at least 4 members (excludes halogenated alkanes) is 1. The van der Waals surface area contributed by atoms with E-state index in [2.05, 4.69) is 38.2 Å². The molecule has 1 aromatic rings. The molecule has 4 nitrogen and oxygen atoms in total. The van der Waals surface area contributed by atoms with Crippen LogP contribution >= 0.6 is 0 Å². The molecule has 1 atom stereocenters. The van der Waals surface area contributed by atoms with E-state index in [1.165, 1.54) is 5.56 Å². The fraction of sp³-hybridized carbons (Fsp3) is 0.556. The molecule has 1 unspecified atom stereocenters. The maximum atomic E-state index is 12.1. The van der Waals surface area contributed by atoms with Crippen molar-refractivity contribution >= 4 is 11.9 Å². The fourth-order valence-corrected chi connectivity index (χ4v) is 2.69. The summed E-state index contributed by atoms with van der Waals surface area (Å²) in [6.45, 7) is 6.35. The number of carbonyl (C=O) groups is 2. The van der Waals surface area contributed by atoms with Gasteiger partial charge in [0.1, 0.15) is 0 Å². The molecule has 2 N–H and O–H groups in total. The summed E-state index contributed by atoms with van der Waals surface area (Å²) in [5, 5.41) is 11.7. The van der Waals surface area contributed by atoms with Crippen LogP contribution < -0.4 is 5.32 Å². The Labute approximate surface area is 132 Å². The van der Waals surface area contributed by atoms with Crippen LogP contribution in [-0.4, -0.2) is 23.0 Å². The molecule has 122 valence electrons. The molecular formula is C18H27NO3. The second kappa shape index (κ2) is 8.57. The Morgan fingerprint density at radius 3 is 2.27 bits per heavy atom. The van der Waals surface area contributed by atoms with Crippen LogP contribution in [0.1, 0.15) is 58.4 Å². The fourth-order valence-electron chi connectivity index (χ4n) is 2.69. The Morgan fingerprint density at radius 1 is 1.14 bits per heavy atom. The highest BCUT2D eigenvalue weighted by Crippen LogP contribution is 2.28. The zero-order chi connectivity index (χ0) is 16.6. The summed E-state index contributed by atoms with van der Waals surface area (Å²) < 4.78 is 0. The lowest BCUT2D eigenvalue weighted by Crippen LogP contribution is -2.47. The second-order valence-electron chi connectivity index (χ2n) is 6.22. The van der Waals surface area contributed by atoms with E-state index in [0.717, 1.165) is 6.42 Å². The van der Waals surface area contributed by atoms with Gasteiger partial charge in [0.15, 0.2) is 0 Å². The lowest BCUT2D eigenvalue weighted by Gasteiger charge is -2.35. The molecule has 0 heterocycles. The van der Waals surface area contributed by atoms with Crippen LogP contribution in [0.15, 0.2) is 30.3 Å². The third-order valence-electron chi connectivity index (χ3n) is 4.18. The number of rotatable bonds is 9. The molecule has 1 rings (SSSR count). The molecule has 0 saturated carbocycles. The van der Waals surface area contributed by atoms with E-state index in [0.29, 0.717) is 19.3 Å². The summed E-state index contributed by atoms with van der Waals surface area (Å²) in [6, 6.07) is 10.2. The third kappa shape index (κ3) is 5.51. The average molecular weight is 305 g/mol. The molecule has 22 heavy (non-hydrogen) atoms. The highest BCUT2D eigenvalue weighted by atomic mass is 16.4. The number of hydrogen-bond acceptors (Lipinski definition) is 2. The number of carboxylic acids is 1. The van der Waals surface area contributed by atoms with E-state index in [1.807, 2.05) is 18.2 Å². The van der Waals surface area contributed by atoms with Crippen molar-refractivity contribution in [3.63, 3.8) is 0 Å². The highest BCUT2D eigenvalue weighted by Gasteiger charge is 2.30. The van der Waals surface area contributed by atoms with Crippen molar-refractivity contribution in [2.24, 2.45) is 0 Å². The van der Waals surface area contributed by atoms with Crippen LogP contribution in [0.5, 0.6) is 0 Å². The standard InChI is InChI=1S/C18H27NO3/c1-4-15(18(2,3)14-10-6-5-7-11-14)19-16(20)12-8-9-13-17(21)22/h5-7,10-11,15H,4,8-9,12-13H2,1-3H3,(H,19,20)(H,21,22). The zero-order valence-electron chi connectivity index (χ0n) is 13.8. The predicted molar refractivity (Wildman–Crippen MR) is 87.8 cm³/mol. The van der Waals surface area contributed by atoms with E-state index >= 15 is 0 Å². The van der Waals surface area contributed by atoms with Crippen LogP contribution in [0.2, 0.25) is 0 Å². The van der Waals surface area contributed by atoms with Gasteiger partial charge in [-0.25, -0.2) is 0 Å². The first-order chi connectivity index (χ1) is 10.4. The number of hydrogen-bond donors (Lipinski definition) is 2. The molecule has 0 aliphatic carbocycles. The molecule has 0 aliphatic rings. The van der Waals surface area contributed by atoms with Crippen LogP contribution in [0.4, 0.5) is 0 Å². The molecule has 0 fully saturated rings. The minimum absolute atomic E-state index is 0.00115. The molecule has 1 aromatic carbocycles. The number of carboxylic acid groups (broad SMARTS) is 1. The number of amides is 1. The maximum absolute atomic E-state index is 12.1. The van der Waals surface area contributed by atoms with Gasteiger partial charge in [-0.05, 0) is 24.8 Å². The summed E-state index contributed by atoms with van der Waals surface area (Å²) in [6.07, 6.45) is 2.51. The minimum atomic E-state index is -0.808. The van der Waals surface area contributed by atoms with Crippen molar-refractivity contribution in [1.29, 1.82) is 0 Å². The lowest BCUT2D eigenvalue weighted by atomic mass is 9.76. The van der Waals surface area contributed by atoms with Crippen LogP contribution in [0.25, 0.3) is 0 Å². The van der Waals surface area contributed by atoms with E-state index in [9.17, 15) is 9.59 Å². The Hall–Kier alpha value is -1.84. The van der Waals surface area contributed by atoms with Crippen molar-refractivity contribution in [2.75, 3.05) is 0 Å². The Bertz CT molecular complexity index is 482. The summed E-state index contributed by atoms with van der Waals surface area (Å²) >= 11 is 0. The van der Waals surface area contributed by atoms with Gasteiger partial charge in [0.25, 0.3) is 0 Å². The van der Waals surface area contributed by atoms with E-state index in [1.54, 1.807) is 0 Å². The Morgan fingerprint density at radius 2 is 1.73 bits per heavy atom. The lowest BCUT2D eigenvalue weighted by molar-refractivity contribution is -0.137. The molecule has 0 spiro atoms. The monoisotopic (exact) mass is 305 g/mol. The van der Waals surface area contributed by atoms with Crippen LogP contribution in [-0.2, 0) is 15.0 Å². The molecular weight excluding hydrogens is 278 g/mol. The maximum Gasteiger partial charge on any atom is 0.303 e. The summed E-state index contributed by atoms with van der Waals surface area (Å²) in [4.78, 5) is 22.5. The Kier molecular flexibility index (Phi) is 7.09. The molecule has 1 amide bonds. The first kappa shape index (κ1) is 18.2. The van der Waals surface area contributed by atoms with E-state index in [-0.39, 0.29) is 23.8 Å². The van der Waals surface area contributed by atoms with Gasteiger partial charge in [0.2, 0.25) is 5.91 Å². The van der Waals surface area contributed by atoms with Gasteiger partial charge < -0.3 is 10.4 Å². The first-order valence-corrected chi connectivity index (χ1v) is 7.94. The largest absolute Gasteiger partial charge is 0.481 e.